The second-order valence-corrected chi connectivity index (χ2v) is 7.30. The summed E-state index contributed by atoms with van der Waals surface area (Å²) in [6.45, 7) is 1.77. The maximum atomic E-state index is 12.5. The normalized spacial score (nSPS) is 11.4. The first-order valence-electron chi connectivity index (χ1n) is 7.78. The fourth-order valence-electron chi connectivity index (χ4n) is 2.02. The Hall–Kier alpha value is -3.02. The van der Waals surface area contributed by atoms with Crippen LogP contribution in [0.15, 0.2) is 65.2 Å². The van der Waals surface area contributed by atoms with Crippen molar-refractivity contribution in [1.82, 2.24) is 0 Å². The predicted octanol–water partition coefficient (Wildman–Crippen LogP) is 3.52. The number of nitrogens with zero attached hydrogens (tertiary/aromatic N) is 1. The van der Waals surface area contributed by atoms with Gasteiger partial charge in [0, 0.05) is 16.9 Å². The van der Waals surface area contributed by atoms with Gasteiger partial charge in [0.05, 0.1) is 17.2 Å². The second-order valence-electron chi connectivity index (χ2n) is 5.18. The summed E-state index contributed by atoms with van der Waals surface area (Å²) < 4.78 is 32.2. The van der Waals surface area contributed by atoms with Gasteiger partial charge in [0.25, 0.3) is 10.0 Å². The highest BCUT2D eigenvalue weighted by Gasteiger charge is 2.15. The molecule has 0 aliphatic carbocycles. The summed E-state index contributed by atoms with van der Waals surface area (Å²) >= 11 is 5.86. The van der Waals surface area contributed by atoms with E-state index in [9.17, 15) is 13.2 Å². The first kappa shape index (κ1) is 20.3. The number of esters is 1. The van der Waals surface area contributed by atoms with Gasteiger partial charge in [-0.2, -0.15) is 5.26 Å². The fourth-order valence-corrected chi connectivity index (χ4v) is 3.31. The van der Waals surface area contributed by atoms with Crippen LogP contribution in [0.4, 0.5) is 11.4 Å². The molecule has 0 bridgehead atoms. The molecule has 9 heteroatoms. The predicted molar refractivity (Wildman–Crippen MR) is 103 cm³/mol. The molecule has 0 unspecified atom stereocenters. The zero-order chi connectivity index (χ0) is 19.9. The number of rotatable bonds is 7. The average Bonchev–Trinajstić information content (AvgIpc) is 2.62. The highest BCUT2D eigenvalue weighted by atomic mass is 35.5. The van der Waals surface area contributed by atoms with Crippen molar-refractivity contribution < 1.29 is 17.9 Å². The molecule has 27 heavy (non-hydrogen) atoms. The van der Waals surface area contributed by atoms with E-state index in [2.05, 4.69) is 10.0 Å². The minimum Gasteiger partial charge on any atom is -0.462 e. The van der Waals surface area contributed by atoms with Crippen molar-refractivity contribution in [1.29, 1.82) is 5.26 Å². The van der Waals surface area contributed by atoms with E-state index in [1.54, 1.807) is 37.3 Å². The highest BCUT2D eigenvalue weighted by molar-refractivity contribution is 7.92. The maximum absolute atomic E-state index is 12.5. The van der Waals surface area contributed by atoms with Crippen molar-refractivity contribution in [2.75, 3.05) is 16.6 Å². The van der Waals surface area contributed by atoms with Gasteiger partial charge in [0.1, 0.15) is 6.07 Å². The van der Waals surface area contributed by atoms with Crippen LogP contribution in [0.3, 0.4) is 0 Å². The third-order valence-corrected chi connectivity index (χ3v) is 4.83. The molecule has 0 heterocycles. The summed E-state index contributed by atoms with van der Waals surface area (Å²) in [6.07, 6.45) is 1.16. The number of nitriles is 1. The molecule has 0 aliphatic heterocycles. The van der Waals surface area contributed by atoms with Crippen LogP contribution < -0.4 is 10.0 Å². The Morgan fingerprint density at radius 3 is 2.59 bits per heavy atom. The van der Waals surface area contributed by atoms with Gasteiger partial charge in [-0.25, -0.2) is 13.2 Å². The lowest BCUT2D eigenvalue weighted by Crippen LogP contribution is -2.13. The molecule has 2 N–H and O–H groups in total. The average molecular weight is 406 g/mol. The van der Waals surface area contributed by atoms with Gasteiger partial charge in [-0.1, -0.05) is 23.7 Å². The summed E-state index contributed by atoms with van der Waals surface area (Å²) in [7, 11) is -3.85. The van der Waals surface area contributed by atoms with E-state index in [-0.39, 0.29) is 17.1 Å². The number of carbonyl (C=O) groups excluding carboxylic acids is 1. The summed E-state index contributed by atoms with van der Waals surface area (Å²) in [4.78, 5) is 11.6. The number of anilines is 2. The molecule has 2 rings (SSSR count). The van der Waals surface area contributed by atoms with Crippen LogP contribution in [-0.2, 0) is 19.6 Å². The smallest absolute Gasteiger partial charge is 0.350 e. The number of benzene rings is 2. The minimum atomic E-state index is -3.85. The number of nitrogens with one attached hydrogen (secondary N) is 2. The Morgan fingerprint density at radius 1 is 1.22 bits per heavy atom. The van der Waals surface area contributed by atoms with Crippen LogP contribution in [-0.4, -0.2) is 21.0 Å². The third-order valence-electron chi connectivity index (χ3n) is 3.22. The number of hydrogen-bond donors (Lipinski definition) is 2. The van der Waals surface area contributed by atoms with E-state index in [0.717, 1.165) is 6.20 Å². The first-order chi connectivity index (χ1) is 12.9. The first-order valence-corrected chi connectivity index (χ1v) is 9.64. The van der Waals surface area contributed by atoms with Gasteiger partial charge in [0.15, 0.2) is 5.57 Å². The van der Waals surface area contributed by atoms with E-state index >= 15 is 0 Å². The molecule has 2 aromatic rings. The molecule has 0 amide bonds. The number of carbonyl (C=O) groups is 1. The molecule has 0 spiro atoms. The standard InChI is InChI=1S/C18H16ClN3O4S/c1-2-26-18(23)13(11-20)12-21-15-6-4-8-17(10-15)27(24,25)22-16-7-3-5-14(19)9-16/h3-10,12,21-22H,2H2,1H3/b13-12+. The Kier molecular flexibility index (Phi) is 6.82. The topological polar surface area (TPSA) is 108 Å². The molecule has 0 saturated heterocycles. The van der Waals surface area contributed by atoms with Crippen molar-refractivity contribution in [2.45, 2.75) is 11.8 Å². The molecular formula is C18H16ClN3O4S. The van der Waals surface area contributed by atoms with Gasteiger partial charge in [0.2, 0.25) is 0 Å². The lowest BCUT2D eigenvalue weighted by atomic mass is 10.3. The lowest BCUT2D eigenvalue weighted by molar-refractivity contribution is -0.138. The van der Waals surface area contributed by atoms with E-state index in [1.807, 2.05) is 0 Å². The summed E-state index contributed by atoms with van der Waals surface area (Å²) in [6, 6.07) is 13.9. The van der Waals surface area contributed by atoms with Crippen molar-refractivity contribution in [3.05, 3.63) is 65.3 Å². The van der Waals surface area contributed by atoms with Gasteiger partial charge in [-0.3, -0.25) is 4.72 Å². The van der Waals surface area contributed by atoms with Gasteiger partial charge in [-0.05, 0) is 43.3 Å². The number of halogens is 1. The van der Waals surface area contributed by atoms with Crippen LogP contribution >= 0.6 is 11.6 Å². The van der Waals surface area contributed by atoms with Crippen molar-refractivity contribution in [2.24, 2.45) is 0 Å². The van der Waals surface area contributed by atoms with Crippen LogP contribution in [0.2, 0.25) is 5.02 Å². The zero-order valence-electron chi connectivity index (χ0n) is 14.3. The molecule has 2 aromatic carbocycles. The third kappa shape index (κ3) is 5.74. The van der Waals surface area contributed by atoms with Gasteiger partial charge < -0.3 is 10.1 Å². The zero-order valence-corrected chi connectivity index (χ0v) is 15.8. The molecule has 0 aliphatic rings. The van der Waals surface area contributed by atoms with E-state index in [1.165, 1.54) is 24.3 Å². The lowest BCUT2D eigenvalue weighted by Gasteiger charge is -2.10. The van der Waals surface area contributed by atoms with Crippen molar-refractivity contribution >= 4 is 39.0 Å². The van der Waals surface area contributed by atoms with E-state index in [4.69, 9.17) is 21.6 Å². The van der Waals surface area contributed by atoms with E-state index < -0.39 is 16.0 Å². The number of ether oxygens (including phenoxy) is 1. The van der Waals surface area contributed by atoms with Crippen molar-refractivity contribution in [3.8, 4) is 6.07 Å². The van der Waals surface area contributed by atoms with Crippen molar-refractivity contribution in [3.63, 3.8) is 0 Å². The van der Waals surface area contributed by atoms with Crippen LogP contribution in [0, 0.1) is 11.3 Å². The molecule has 0 aromatic heterocycles. The van der Waals surface area contributed by atoms with Gasteiger partial charge in [-0.15, -0.1) is 0 Å². The fraction of sp³-hybridized carbons (Fsp3) is 0.111. The highest BCUT2D eigenvalue weighted by Crippen LogP contribution is 2.21. The molecule has 0 fully saturated rings. The second kappa shape index (κ2) is 9.07. The summed E-state index contributed by atoms with van der Waals surface area (Å²) in [5.74, 6) is -0.765. The molecule has 7 nitrogen and oxygen atoms in total. The van der Waals surface area contributed by atoms with Crippen LogP contribution in [0.25, 0.3) is 0 Å². The number of hydrogen-bond acceptors (Lipinski definition) is 6. The van der Waals surface area contributed by atoms with E-state index in [0.29, 0.717) is 16.4 Å². The Bertz CT molecular complexity index is 1010. The minimum absolute atomic E-state index is 0.00415. The van der Waals surface area contributed by atoms with Crippen LogP contribution in [0.1, 0.15) is 6.92 Å². The molecule has 0 radical (unpaired) electrons. The summed E-state index contributed by atoms with van der Waals surface area (Å²) in [5, 5.41) is 12.1. The molecule has 0 atom stereocenters. The van der Waals surface area contributed by atoms with Gasteiger partial charge >= 0.3 is 5.97 Å². The Morgan fingerprint density at radius 2 is 1.93 bits per heavy atom. The largest absolute Gasteiger partial charge is 0.462 e. The monoisotopic (exact) mass is 405 g/mol. The quantitative estimate of drug-likeness (QED) is 0.414. The summed E-state index contributed by atoms with van der Waals surface area (Å²) in [5.41, 5.74) is 0.470. The molecule has 140 valence electrons. The molecular weight excluding hydrogens is 390 g/mol. The Balaban J connectivity index is 2.21. The SMILES string of the molecule is CCOC(=O)/C(C#N)=C/Nc1cccc(S(=O)(=O)Nc2cccc(Cl)c2)c1. The van der Waals surface area contributed by atoms with Crippen LogP contribution in [0.5, 0.6) is 0 Å². The Labute approximate surface area is 162 Å². The molecule has 0 saturated carbocycles. The number of sulfonamides is 1. The maximum Gasteiger partial charge on any atom is 0.350 e.